The van der Waals surface area contributed by atoms with Crippen molar-refractivity contribution in [2.45, 2.75) is 39.0 Å². The number of hydrogen-bond donors (Lipinski definition) is 3. The Morgan fingerprint density at radius 3 is 2.94 bits per heavy atom. The van der Waals surface area contributed by atoms with E-state index in [0.29, 0.717) is 6.54 Å². The van der Waals surface area contributed by atoms with Gasteiger partial charge in [-0.3, -0.25) is 4.99 Å². The molecule has 0 atom stereocenters. The second kappa shape index (κ2) is 9.05. The lowest BCUT2D eigenvalue weighted by atomic mass is 9.97. The second-order valence-electron chi connectivity index (χ2n) is 4.27. The van der Waals surface area contributed by atoms with E-state index >= 15 is 0 Å². The van der Waals surface area contributed by atoms with Gasteiger partial charge in [0.1, 0.15) is 0 Å². The van der Waals surface area contributed by atoms with Crippen LogP contribution in [0.2, 0.25) is 0 Å². The van der Waals surface area contributed by atoms with Gasteiger partial charge in [0, 0.05) is 13.1 Å². The lowest BCUT2D eigenvalue weighted by Crippen LogP contribution is -2.38. The SMILES string of the molecule is CCNC(=NCCO)NCCC1=CCCCC1. The van der Waals surface area contributed by atoms with Crippen LogP contribution in [0.4, 0.5) is 0 Å². The van der Waals surface area contributed by atoms with Crippen molar-refractivity contribution in [1.82, 2.24) is 10.6 Å². The van der Waals surface area contributed by atoms with Crippen LogP contribution in [0.3, 0.4) is 0 Å². The van der Waals surface area contributed by atoms with Crippen molar-refractivity contribution in [3.8, 4) is 0 Å². The third-order valence-corrected chi connectivity index (χ3v) is 2.84. The molecule has 0 saturated heterocycles. The van der Waals surface area contributed by atoms with Crippen molar-refractivity contribution in [3.05, 3.63) is 11.6 Å². The molecule has 0 aromatic heterocycles. The van der Waals surface area contributed by atoms with E-state index in [2.05, 4.69) is 21.7 Å². The van der Waals surface area contributed by atoms with E-state index in [4.69, 9.17) is 5.11 Å². The molecule has 4 heteroatoms. The molecule has 0 spiro atoms. The molecule has 0 saturated carbocycles. The zero-order valence-corrected chi connectivity index (χ0v) is 10.8. The molecular weight excluding hydrogens is 214 g/mol. The summed E-state index contributed by atoms with van der Waals surface area (Å²) in [5.74, 6) is 0.804. The minimum Gasteiger partial charge on any atom is -0.394 e. The molecule has 98 valence electrons. The first-order valence-electron chi connectivity index (χ1n) is 6.67. The maximum absolute atomic E-state index is 8.74. The van der Waals surface area contributed by atoms with Crippen LogP contribution in [0.1, 0.15) is 39.0 Å². The van der Waals surface area contributed by atoms with Crippen LogP contribution in [0.25, 0.3) is 0 Å². The quantitative estimate of drug-likeness (QED) is 0.373. The smallest absolute Gasteiger partial charge is 0.191 e. The summed E-state index contributed by atoms with van der Waals surface area (Å²) >= 11 is 0. The predicted molar refractivity (Wildman–Crippen MR) is 72.2 cm³/mol. The highest BCUT2D eigenvalue weighted by Gasteiger charge is 2.03. The molecule has 17 heavy (non-hydrogen) atoms. The molecule has 0 unspecified atom stereocenters. The standard InChI is InChI=1S/C13H25N3O/c1-2-14-13(16-10-11-17)15-9-8-12-6-4-3-5-7-12/h6,17H,2-5,7-11H2,1H3,(H2,14,15,16). The summed E-state index contributed by atoms with van der Waals surface area (Å²) in [6.45, 7) is 4.36. The lowest BCUT2D eigenvalue weighted by molar-refractivity contribution is 0.306. The number of hydrogen-bond acceptors (Lipinski definition) is 2. The molecule has 0 fully saturated rings. The number of rotatable bonds is 6. The Hall–Kier alpha value is -1.03. The van der Waals surface area contributed by atoms with Gasteiger partial charge in [0.05, 0.1) is 13.2 Å². The fraction of sp³-hybridized carbons (Fsp3) is 0.769. The molecule has 4 nitrogen and oxygen atoms in total. The van der Waals surface area contributed by atoms with Crippen molar-refractivity contribution >= 4 is 5.96 Å². The van der Waals surface area contributed by atoms with Gasteiger partial charge in [-0.25, -0.2) is 0 Å². The van der Waals surface area contributed by atoms with Crippen molar-refractivity contribution in [1.29, 1.82) is 0 Å². The highest BCUT2D eigenvalue weighted by Crippen LogP contribution is 2.19. The number of guanidine groups is 1. The molecular formula is C13H25N3O. The Morgan fingerprint density at radius 2 is 2.29 bits per heavy atom. The molecule has 0 bridgehead atoms. The first-order valence-corrected chi connectivity index (χ1v) is 6.67. The number of nitrogens with zero attached hydrogens (tertiary/aromatic N) is 1. The van der Waals surface area contributed by atoms with Crippen LogP contribution in [-0.2, 0) is 0 Å². The second-order valence-corrected chi connectivity index (χ2v) is 4.27. The van der Waals surface area contributed by atoms with Crippen LogP contribution in [0, 0.1) is 0 Å². The third kappa shape index (κ3) is 6.31. The number of aliphatic hydroxyl groups excluding tert-OH is 1. The van der Waals surface area contributed by atoms with Crippen LogP contribution in [0.5, 0.6) is 0 Å². The van der Waals surface area contributed by atoms with Crippen molar-refractivity contribution in [2.75, 3.05) is 26.2 Å². The first kappa shape index (κ1) is 14.0. The van der Waals surface area contributed by atoms with E-state index in [9.17, 15) is 0 Å². The van der Waals surface area contributed by atoms with E-state index in [1.807, 2.05) is 6.92 Å². The van der Waals surface area contributed by atoms with Crippen molar-refractivity contribution < 1.29 is 5.11 Å². The van der Waals surface area contributed by atoms with Gasteiger partial charge >= 0.3 is 0 Å². The van der Waals surface area contributed by atoms with E-state index in [1.54, 1.807) is 5.57 Å². The normalized spacial score (nSPS) is 16.6. The molecule has 0 aliphatic heterocycles. The molecule has 1 aliphatic carbocycles. The summed E-state index contributed by atoms with van der Waals surface area (Å²) in [7, 11) is 0. The number of nitrogens with one attached hydrogen (secondary N) is 2. The molecule has 1 rings (SSSR count). The zero-order valence-electron chi connectivity index (χ0n) is 10.8. The molecule has 1 aliphatic rings. The number of aliphatic hydroxyl groups is 1. The van der Waals surface area contributed by atoms with Gasteiger partial charge in [-0.05, 0) is 39.0 Å². The third-order valence-electron chi connectivity index (χ3n) is 2.84. The number of allylic oxidation sites excluding steroid dienone is 1. The summed E-state index contributed by atoms with van der Waals surface area (Å²) in [6, 6.07) is 0. The maximum atomic E-state index is 8.74. The zero-order chi connectivity index (χ0) is 12.3. The highest BCUT2D eigenvalue weighted by molar-refractivity contribution is 5.79. The van der Waals surface area contributed by atoms with Crippen LogP contribution >= 0.6 is 0 Å². The Morgan fingerprint density at radius 1 is 1.41 bits per heavy atom. The average Bonchev–Trinajstić information content (AvgIpc) is 2.37. The molecule has 0 aromatic rings. The molecule has 0 heterocycles. The van der Waals surface area contributed by atoms with E-state index in [0.717, 1.165) is 25.5 Å². The summed E-state index contributed by atoms with van der Waals surface area (Å²) in [5, 5.41) is 15.2. The minimum absolute atomic E-state index is 0.0989. The van der Waals surface area contributed by atoms with E-state index in [-0.39, 0.29) is 6.61 Å². The van der Waals surface area contributed by atoms with Gasteiger partial charge in [0.2, 0.25) is 0 Å². The molecule has 0 amide bonds. The molecule has 3 N–H and O–H groups in total. The van der Waals surface area contributed by atoms with E-state index < -0.39 is 0 Å². The van der Waals surface area contributed by atoms with Crippen molar-refractivity contribution in [3.63, 3.8) is 0 Å². The molecule has 0 aromatic carbocycles. The highest BCUT2D eigenvalue weighted by atomic mass is 16.3. The number of aliphatic imine (C=N–C) groups is 1. The Kier molecular flexibility index (Phi) is 7.47. The Balaban J connectivity index is 2.23. The summed E-state index contributed by atoms with van der Waals surface area (Å²) in [6.07, 6.45) is 8.66. The fourth-order valence-electron chi connectivity index (χ4n) is 1.98. The largest absolute Gasteiger partial charge is 0.394 e. The minimum atomic E-state index is 0.0989. The maximum Gasteiger partial charge on any atom is 0.191 e. The topological polar surface area (TPSA) is 56.7 Å². The van der Waals surface area contributed by atoms with Gasteiger partial charge in [0.25, 0.3) is 0 Å². The fourth-order valence-corrected chi connectivity index (χ4v) is 1.98. The Bertz CT molecular complexity index is 261. The average molecular weight is 239 g/mol. The van der Waals surface area contributed by atoms with E-state index in [1.165, 1.54) is 25.7 Å². The van der Waals surface area contributed by atoms with Crippen molar-refractivity contribution in [2.24, 2.45) is 4.99 Å². The van der Waals surface area contributed by atoms with Crippen LogP contribution < -0.4 is 10.6 Å². The van der Waals surface area contributed by atoms with Gasteiger partial charge in [-0.15, -0.1) is 0 Å². The van der Waals surface area contributed by atoms with Gasteiger partial charge in [0.15, 0.2) is 5.96 Å². The summed E-state index contributed by atoms with van der Waals surface area (Å²) < 4.78 is 0. The van der Waals surface area contributed by atoms with Crippen LogP contribution in [0.15, 0.2) is 16.6 Å². The molecule has 0 radical (unpaired) electrons. The first-order chi connectivity index (χ1) is 8.36. The van der Waals surface area contributed by atoms with Gasteiger partial charge < -0.3 is 15.7 Å². The monoisotopic (exact) mass is 239 g/mol. The lowest BCUT2D eigenvalue weighted by Gasteiger charge is -2.14. The Labute approximate surface area is 104 Å². The van der Waals surface area contributed by atoms with Gasteiger partial charge in [-0.1, -0.05) is 11.6 Å². The van der Waals surface area contributed by atoms with Gasteiger partial charge in [-0.2, -0.15) is 0 Å². The summed E-state index contributed by atoms with van der Waals surface area (Å²) in [4.78, 5) is 4.24. The summed E-state index contributed by atoms with van der Waals surface area (Å²) in [5.41, 5.74) is 1.57. The van der Waals surface area contributed by atoms with Crippen LogP contribution in [-0.4, -0.2) is 37.3 Å². The predicted octanol–water partition coefficient (Wildman–Crippen LogP) is 1.42.